The highest BCUT2D eigenvalue weighted by molar-refractivity contribution is 8.00. The molecule has 1 aliphatic heterocycles. The average molecular weight is 294 g/mol. The molecule has 0 radical (unpaired) electrons. The van der Waals surface area contributed by atoms with Gasteiger partial charge in [-0.3, -0.25) is 0 Å². The number of anilines is 2. The molecule has 1 saturated carbocycles. The van der Waals surface area contributed by atoms with Crippen molar-refractivity contribution in [2.75, 3.05) is 37.1 Å². The van der Waals surface area contributed by atoms with Crippen molar-refractivity contribution in [1.29, 1.82) is 0 Å². The van der Waals surface area contributed by atoms with Crippen LogP contribution in [0.2, 0.25) is 0 Å². The van der Waals surface area contributed by atoms with E-state index in [1.165, 1.54) is 25.7 Å². The van der Waals surface area contributed by atoms with Gasteiger partial charge < -0.3 is 20.5 Å². The van der Waals surface area contributed by atoms with Crippen LogP contribution in [0.15, 0.2) is 12.1 Å². The predicted molar refractivity (Wildman–Crippen MR) is 85.0 cm³/mol. The minimum Gasteiger partial charge on any atom is -0.486 e. The second-order valence-corrected chi connectivity index (χ2v) is 6.81. The van der Waals surface area contributed by atoms with Crippen LogP contribution in [0.5, 0.6) is 11.5 Å². The highest BCUT2D eigenvalue weighted by atomic mass is 32.2. The lowest BCUT2D eigenvalue weighted by Crippen LogP contribution is -2.30. The number of benzene rings is 1. The summed E-state index contributed by atoms with van der Waals surface area (Å²) >= 11 is 1.97. The Morgan fingerprint density at radius 1 is 1.20 bits per heavy atom. The number of nitrogens with two attached hydrogens (primary N) is 1. The number of hydrogen-bond acceptors (Lipinski definition) is 5. The van der Waals surface area contributed by atoms with Crippen LogP contribution >= 0.6 is 11.8 Å². The predicted octanol–water partition coefficient (Wildman–Crippen LogP) is 3.13. The van der Waals surface area contributed by atoms with Crippen molar-refractivity contribution < 1.29 is 9.47 Å². The van der Waals surface area contributed by atoms with Crippen LogP contribution < -0.4 is 20.5 Å². The highest BCUT2D eigenvalue weighted by Crippen LogP contribution is 2.42. The third-order valence-electron chi connectivity index (χ3n) is 4.26. The lowest BCUT2D eigenvalue weighted by molar-refractivity contribution is 0.172. The van der Waals surface area contributed by atoms with E-state index in [1.807, 2.05) is 23.9 Å². The van der Waals surface area contributed by atoms with Gasteiger partial charge >= 0.3 is 0 Å². The molecule has 0 bridgehead atoms. The Morgan fingerprint density at radius 3 is 2.50 bits per heavy atom. The molecule has 2 aliphatic rings. The highest BCUT2D eigenvalue weighted by Gasteiger charge is 2.32. The monoisotopic (exact) mass is 294 g/mol. The Kier molecular flexibility index (Phi) is 3.87. The van der Waals surface area contributed by atoms with Gasteiger partial charge in [0.25, 0.3) is 0 Å². The van der Waals surface area contributed by atoms with Gasteiger partial charge in [-0.25, -0.2) is 0 Å². The Labute approximate surface area is 124 Å². The fourth-order valence-corrected chi connectivity index (χ4v) is 3.90. The maximum Gasteiger partial charge on any atom is 0.163 e. The molecule has 0 atom stereocenters. The van der Waals surface area contributed by atoms with Crippen molar-refractivity contribution in [2.24, 2.45) is 0 Å². The van der Waals surface area contributed by atoms with Crippen molar-refractivity contribution in [1.82, 2.24) is 0 Å². The quantitative estimate of drug-likeness (QED) is 0.836. The van der Waals surface area contributed by atoms with Crippen LogP contribution in [-0.4, -0.2) is 30.8 Å². The van der Waals surface area contributed by atoms with Crippen molar-refractivity contribution in [3.8, 4) is 11.5 Å². The third-order valence-corrected chi connectivity index (χ3v) is 5.68. The van der Waals surface area contributed by atoms with Crippen LogP contribution in [0.3, 0.4) is 0 Å². The number of ether oxygens (including phenoxy) is 2. The van der Waals surface area contributed by atoms with Gasteiger partial charge in [0.1, 0.15) is 13.2 Å². The standard InChI is InChI=1S/C15H22N2O2S/c1-20-15(4-2-3-5-15)10-17-12-9-14-13(8-11(12)16)18-6-7-19-14/h8-9,17H,2-7,10,16H2,1H3. The number of nitrogens with one attached hydrogen (secondary N) is 1. The van der Waals surface area contributed by atoms with E-state index in [4.69, 9.17) is 15.2 Å². The van der Waals surface area contributed by atoms with Gasteiger partial charge in [-0.05, 0) is 19.1 Å². The molecule has 0 amide bonds. The fourth-order valence-electron chi connectivity index (χ4n) is 2.99. The van der Waals surface area contributed by atoms with Crippen LogP contribution in [0.25, 0.3) is 0 Å². The second-order valence-electron chi connectivity index (χ2n) is 5.53. The van der Waals surface area contributed by atoms with Crippen LogP contribution in [0.4, 0.5) is 11.4 Å². The maximum absolute atomic E-state index is 6.11. The summed E-state index contributed by atoms with van der Waals surface area (Å²) in [5.74, 6) is 1.54. The molecule has 0 unspecified atom stereocenters. The van der Waals surface area contributed by atoms with Gasteiger partial charge in [0.05, 0.1) is 11.4 Å². The zero-order valence-corrected chi connectivity index (χ0v) is 12.7. The summed E-state index contributed by atoms with van der Waals surface area (Å²) in [4.78, 5) is 0. The topological polar surface area (TPSA) is 56.5 Å². The molecule has 1 aromatic rings. The molecular formula is C15H22N2O2S. The fraction of sp³-hybridized carbons (Fsp3) is 0.600. The summed E-state index contributed by atoms with van der Waals surface area (Å²) in [6.07, 6.45) is 7.44. The smallest absolute Gasteiger partial charge is 0.163 e. The lowest BCUT2D eigenvalue weighted by Gasteiger charge is -2.28. The first-order chi connectivity index (χ1) is 9.72. The zero-order chi connectivity index (χ0) is 14.0. The van der Waals surface area contributed by atoms with Gasteiger partial charge in [0, 0.05) is 23.4 Å². The summed E-state index contributed by atoms with van der Waals surface area (Å²) in [6.45, 7) is 2.15. The molecule has 5 heteroatoms. The van der Waals surface area contributed by atoms with E-state index in [0.717, 1.165) is 29.4 Å². The van der Waals surface area contributed by atoms with Gasteiger partial charge in [0.15, 0.2) is 11.5 Å². The second kappa shape index (κ2) is 5.64. The first-order valence-electron chi connectivity index (χ1n) is 7.21. The van der Waals surface area contributed by atoms with E-state index in [0.29, 0.717) is 18.0 Å². The van der Waals surface area contributed by atoms with Crippen LogP contribution in [0.1, 0.15) is 25.7 Å². The van der Waals surface area contributed by atoms with E-state index in [1.54, 1.807) is 0 Å². The van der Waals surface area contributed by atoms with E-state index < -0.39 is 0 Å². The molecule has 0 saturated heterocycles. The molecule has 4 nitrogen and oxygen atoms in total. The third kappa shape index (κ3) is 2.64. The minimum atomic E-state index is 0.361. The summed E-state index contributed by atoms with van der Waals surface area (Å²) < 4.78 is 11.5. The molecule has 3 rings (SSSR count). The molecule has 1 fully saturated rings. The first kappa shape index (κ1) is 13.7. The molecule has 1 aromatic carbocycles. The molecule has 20 heavy (non-hydrogen) atoms. The number of fused-ring (bicyclic) bond motifs is 1. The SMILES string of the molecule is CSC1(CNc2cc3c(cc2N)OCCO3)CCCC1. The normalized spacial score (nSPS) is 19.9. The Hall–Kier alpha value is -1.23. The summed E-state index contributed by atoms with van der Waals surface area (Å²) in [5.41, 5.74) is 7.79. The molecule has 110 valence electrons. The lowest BCUT2D eigenvalue weighted by atomic mass is 10.1. The Morgan fingerprint density at radius 2 is 1.85 bits per heavy atom. The Bertz CT molecular complexity index is 487. The summed E-state index contributed by atoms with van der Waals surface area (Å²) in [5, 5.41) is 3.52. The van der Waals surface area contributed by atoms with Crippen molar-refractivity contribution >= 4 is 23.1 Å². The van der Waals surface area contributed by atoms with Crippen LogP contribution in [-0.2, 0) is 0 Å². The molecule has 0 aromatic heterocycles. The molecule has 3 N–H and O–H groups in total. The zero-order valence-electron chi connectivity index (χ0n) is 11.9. The molecule has 1 aliphatic carbocycles. The summed E-state index contributed by atoms with van der Waals surface area (Å²) in [7, 11) is 0. The van der Waals surface area contributed by atoms with Gasteiger partial charge in [-0.2, -0.15) is 11.8 Å². The largest absolute Gasteiger partial charge is 0.486 e. The number of thioether (sulfide) groups is 1. The molecular weight excluding hydrogens is 272 g/mol. The van der Waals surface area contributed by atoms with E-state index in [2.05, 4.69) is 11.6 Å². The number of rotatable bonds is 4. The minimum absolute atomic E-state index is 0.361. The van der Waals surface area contributed by atoms with E-state index in [-0.39, 0.29) is 0 Å². The number of nitrogen functional groups attached to an aromatic ring is 1. The summed E-state index contributed by atoms with van der Waals surface area (Å²) in [6, 6.07) is 3.82. The molecule has 1 heterocycles. The first-order valence-corrected chi connectivity index (χ1v) is 8.43. The number of hydrogen-bond donors (Lipinski definition) is 2. The van der Waals surface area contributed by atoms with Crippen LogP contribution in [0, 0.1) is 0 Å². The van der Waals surface area contributed by atoms with Crippen molar-refractivity contribution in [3.63, 3.8) is 0 Å². The van der Waals surface area contributed by atoms with Gasteiger partial charge in [-0.1, -0.05) is 12.8 Å². The maximum atomic E-state index is 6.11. The van der Waals surface area contributed by atoms with E-state index >= 15 is 0 Å². The average Bonchev–Trinajstić information content (AvgIpc) is 2.94. The van der Waals surface area contributed by atoms with Crippen molar-refractivity contribution in [2.45, 2.75) is 30.4 Å². The Balaban J connectivity index is 1.74. The van der Waals surface area contributed by atoms with Gasteiger partial charge in [-0.15, -0.1) is 0 Å². The molecule has 0 spiro atoms. The van der Waals surface area contributed by atoms with Crippen molar-refractivity contribution in [3.05, 3.63) is 12.1 Å². The van der Waals surface area contributed by atoms with E-state index in [9.17, 15) is 0 Å². The van der Waals surface area contributed by atoms with Gasteiger partial charge in [0.2, 0.25) is 0 Å².